The number of aliphatic imine (C=N–C) groups is 1. The van der Waals surface area contributed by atoms with E-state index in [1.807, 2.05) is 11.0 Å². The summed E-state index contributed by atoms with van der Waals surface area (Å²) in [7, 11) is 0. The summed E-state index contributed by atoms with van der Waals surface area (Å²) in [5, 5.41) is 32.6. The Hall–Kier alpha value is -7.36. The molecule has 6 N–H and O–H groups in total. The van der Waals surface area contributed by atoms with Gasteiger partial charge in [0.25, 0.3) is 5.56 Å². The number of nitrogens with one attached hydrogen (secondary N) is 4. The molecule has 0 spiro atoms. The second kappa shape index (κ2) is 26.5. The van der Waals surface area contributed by atoms with Crippen LogP contribution in [0.3, 0.4) is 0 Å². The molecule has 4 heterocycles. The van der Waals surface area contributed by atoms with E-state index in [-0.39, 0.29) is 162 Å². The van der Waals surface area contributed by atoms with Gasteiger partial charge in [-0.2, -0.15) is 0 Å². The van der Waals surface area contributed by atoms with Gasteiger partial charge in [-0.1, -0.05) is 55.7 Å². The summed E-state index contributed by atoms with van der Waals surface area (Å²) in [5.41, 5.74) is 2.90. The number of aromatic nitrogens is 1. The van der Waals surface area contributed by atoms with Crippen molar-refractivity contribution >= 4 is 58.4 Å². The number of pyridine rings is 1. The number of ether oxygens (including phenoxy) is 1. The van der Waals surface area contributed by atoms with Crippen molar-refractivity contribution in [3.8, 4) is 0 Å². The number of nitrogens with zero attached hydrogens (tertiary/aromatic N) is 3. The number of ketones is 4. The van der Waals surface area contributed by atoms with Crippen molar-refractivity contribution in [2.24, 2.45) is 16.8 Å². The van der Waals surface area contributed by atoms with E-state index in [9.17, 15) is 58.2 Å². The Morgan fingerprint density at radius 3 is 2.38 bits per heavy atom. The minimum Gasteiger partial charge on any atom is -0.458 e. The summed E-state index contributed by atoms with van der Waals surface area (Å²) < 4.78 is 22.3. The van der Waals surface area contributed by atoms with Crippen LogP contribution in [0.4, 0.5) is 4.39 Å². The molecule has 3 aliphatic heterocycles. The van der Waals surface area contributed by atoms with E-state index in [2.05, 4.69) is 21.3 Å². The van der Waals surface area contributed by atoms with E-state index in [1.165, 1.54) is 16.7 Å². The fourth-order valence-corrected chi connectivity index (χ4v) is 11.9. The Labute approximate surface area is 468 Å². The molecule has 1 aromatic heterocycles. The first-order valence-electron chi connectivity index (χ1n) is 28.2. The maximum atomic E-state index is 15.5. The lowest BCUT2D eigenvalue weighted by atomic mass is 9.66. The topological polar surface area (TPSA) is 289 Å². The molecule has 2 aromatic rings. The number of allylic oxidation sites excluding steroid dienone is 5. The molecule has 6 atom stereocenters. The number of fused-ring (bicyclic) bond motifs is 4. The summed E-state index contributed by atoms with van der Waals surface area (Å²) in [5.74, 6) is -4.90. The summed E-state index contributed by atoms with van der Waals surface area (Å²) in [4.78, 5) is 136. The van der Waals surface area contributed by atoms with Gasteiger partial charge in [0.1, 0.15) is 12.4 Å². The highest BCUT2D eigenvalue weighted by atomic mass is 19.1. The molecule has 8 rings (SSSR count). The quantitative estimate of drug-likeness (QED) is 0.0406. The fraction of sp³-hybridized carbons (Fsp3) is 0.517. The van der Waals surface area contributed by atoms with Crippen molar-refractivity contribution in [1.82, 2.24) is 30.7 Å². The van der Waals surface area contributed by atoms with E-state index >= 15 is 4.39 Å². The number of aliphatic hydroxyl groups is 2. The van der Waals surface area contributed by atoms with Gasteiger partial charge in [-0.05, 0) is 92.9 Å². The van der Waals surface area contributed by atoms with E-state index < -0.39 is 53.0 Å². The van der Waals surface area contributed by atoms with Crippen molar-refractivity contribution in [1.29, 1.82) is 0 Å². The van der Waals surface area contributed by atoms with Crippen molar-refractivity contribution in [3.05, 3.63) is 115 Å². The monoisotopic (exact) mass is 1120 g/mol. The molecular formula is C60H72FN7O13. The number of esters is 1. The maximum Gasteiger partial charge on any atom is 0.343 e. The number of unbranched alkanes of at least 4 members (excludes halogenated alkanes) is 2. The molecule has 21 heteroatoms. The molecule has 432 valence electrons. The first-order chi connectivity index (χ1) is 38.8. The Bertz CT molecular complexity index is 3100. The van der Waals surface area contributed by atoms with Gasteiger partial charge in [-0.15, -0.1) is 0 Å². The summed E-state index contributed by atoms with van der Waals surface area (Å²) >= 11 is 0. The van der Waals surface area contributed by atoms with E-state index in [1.54, 1.807) is 51.1 Å². The second-order valence-corrected chi connectivity index (χ2v) is 21.8. The SMILES string of the molecule is CC[C@@]1(O)C(=O)OCc2c1cc1n(c2=O)CC2=C3C(NC(=O)CCN(CCO)CCNC(=O)CCC(=O)[C@H](Cc4ccccc4)NC(=O)CCC(=O)CNC(=O)CCCCCC4C(=O)C=C(C)C4=O)CCC4=C(C)C(F)=CC(N=C21)C43. The van der Waals surface area contributed by atoms with Crippen molar-refractivity contribution in [2.45, 2.75) is 148 Å². The van der Waals surface area contributed by atoms with Crippen LogP contribution in [-0.2, 0) is 73.1 Å². The van der Waals surface area contributed by atoms with E-state index in [0.717, 1.165) is 22.3 Å². The molecule has 3 aliphatic carbocycles. The van der Waals surface area contributed by atoms with Gasteiger partial charge in [-0.3, -0.25) is 53.0 Å². The number of carbonyl (C=O) groups excluding carboxylic acids is 9. The predicted molar refractivity (Wildman–Crippen MR) is 294 cm³/mol. The van der Waals surface area contributed by atoms with Crippen molar-refractivity contribution < 1.29 is 62.5 Å². The molecule has 0 bridgehead atoms. The largest absolute Gasteiger partial charge is 0.458 e. The lowest BCUT2D eigenvalue weighted by Crippen LogP contribution is -2.47. The first kappa shape index (κ1) is 59.8. The Balaban J connectivity index is 0.792. The van der Waals surface area contributed by atoms with Crippen LogP contribution in [0.15, 0.2) is 92.0 Å². The highest BCUT2D eigenvalue weighted by Gasteiger charge is 2.49. The summed E-state index contributed by atoms with van der Waals surface area (Å²) in [6.07, 6.45) is 5.53. The second-order valence-electron chi connectivity index (χ2n) is 21.8. The molecule has 81 heavy (non-hydrogen) atoms. The van der Waals surface area contributed by atoms with Crippen molar-refractivity contribution in [2.75, 3.05) is 39.3 Å². The minimum absolute atomic E-state index is 0.0269. The van der Waals surface area contributed by atoms with Gasteiger partial charge in [0, 0.05) is 81.8 Å². The zero-order valence-electron chi connectivity index (χ0n) is 46.2. The van der Waals surface area contributed by atoms with E-state index in [4.69, 9.17) is 9.73 Å². The molecule has 1 saturated carbocycles. The number of benzene rings is 1. The molecular weight excluding hydrogens is 1050 g/mol. The van der Waals surface area contributed by atoms with Crippen molar-refractivity contribution in [3.63, 3.8) is 0 Å². The van der Waals surface area contributed by atoms with Crippen LogP contribution < -0.4 is 26.8 Å². The average Bonchev–Trinajstić information content (AvgIpc) is 4.20. The molecule has 6 aliphatic rings. The summed E-state index contributed by atoms with van der Waals surface area (Å²) in [6.45, 7) is 5.15. The predicted octanol–water partition coefficient (Wildman–Crippen LogP) is 3.07. The minimum atomic E-state index is -2.03. The van der Waals surface area contributed by atoms with Gasteiger partial charge < -0.3 is 40.8 Å². The van der Waals surface area contributed by atoms with Gasteiger partial charge in [0.2, 0.25) is 23.6 Å². The molecule has 0 saturated heterocycles. The normalized spacial score (nSPS) is 21.9. The number of carbonyl (C=O) groups is 9. The highest BCUT2D eigenvalue weighted by Crippen LogP contribution is 2.49. The van der Waals surface area contributed by atoms with Gasteiger partial charge in [0.15, 0.2) is 28.7 Å². The Kier molecular flexibility index (Phi) is 19.5. The third-order valence-electron chi connectivity index (χ3n) is 16.5. The number of hydrogen-bond donors (Lipinski definition) is 6. The lowest BCUT2D eigenvalue weighted by molar-refractivity contribution is -0.172. The average molecular weight is 1120 g/mol. The number of halogens is 1. The molecule has 0 radical (unpaired) electrons. The zero-order chi connectivity index (χ0) is 58.1. The number of aliphatic hydroxyl groups excluding tert-OH is 1. The number of amides is 4. The van der Waals surface area contributed by atoms with Crippen LogP contribution in [0.5, 0.6) is 0 Å². The number of hydrogen-bond acceptors (Lipinski definition) is 15. The van der Waals surface area contributed by atoms with Gasteiger partial charge >= 0.3 is 5.97 Å². The first-order valence-corrected chi connectivity index (χ1v) is 28.2. The smallest absolute Gasteiger partial charge is 0.343 e. The molecule has 20 nitrogen and oxygen atoms in total. The third-order valence-corrected chi connectivity index (χ3v) is 16.5. The molecule has 4 amide bonds. The number of Topliss-reactive ketones (excluding diaryl/α,β-unsaturated/α-hetero) is 3. The number of rotatable bonds is 28. The molecule has 1 fully saturated rings. The van der Waals surface area contributed by atoms with Gasteiger partial charge in [0.05, 0.1) is 60.7 Å². The van der Waals surface area contributed by atoms with Crippen LogP contribution in [0.25, 0.3) is 0 Å². The summed E-state index contributed by atoms with van der Waals surface area (Å²) in [6, 6.07) is 8.49. The third kappa shape index (κ3) is 13.7. The number of cyclic esters (lactones) is 1. The van der Waals surface area contributed by atoms with Crippen LogP contribution in [0, 0.1) is 11.8 Å². The Morgan fingerprint density at radius 1 is 0.901 bits per heavy atom. The fourth-order valence-electron chi connectivity index (χ4n) is 11.9. The zero-order valence-corrected chi connectivity index (χ0v) is 46.2. The van der Waals surface area contributed by atoms with Crippen LogP contribution in [0.1, 0.15) is 127 Å². The van der Waals surface area contributed by atoms with Crippen LogP contribution >= 0.6 is 0 Å². The highest BCUT2D eigenvalue weighted by molar-refractivity contribution is 6.21. The lowest BCUT2D eigenvalue weighted by Gasteiger charge is -2.43. The van der Waals surface area contributed by atoms with Crippen LogP contribution in [0.2, 0.25) is 0 Å². The number of dihydropyridines is 1. The maximum absolute atomic E-state index is 15.5. The Morgan fingerprint density at radius 2 is 1.65 bits per heavy atom. The van der Waals surface area contributed by atoms with E-state index in [0.29, 0.717) is 61.1 Å². The van der Waals surface area contributed by atoms with Gasteiger partial charge in [-0.25, -0.2) is 9.18 Å². The van der Waals surface area contributed by atoms with Crippen LogP contribution in [-0.4, -0.2) is 136 Å². The molecule has 1 aromatic carbocycles. The molecule has 4 unspecified atom stereocenters. The standard InChI is InChI=1S/C60H72FN7O13/c1-4-60(80)42-29-47-56-40(32-68(47)58(78)41(42)33-81-59(60)79)55-44(17-16-38-35(3)43(61)30-46(66-56)54(38)55)64-53(76)21-23-67(25-26-69)24-22-62-51(74)20-18-48(71)45(28-36-11-7-5-8-12-36)65-52(75)19-15-37(70)31-63-50(73)14-10-6-9-13-39-49(72)27-34(2)57(39)77/h5,7-8,11-12,27,29-30,39,44-46,54,69,80H,4,6,9-10,13-26,28,31-33H2,1-3H3,(H,62,74)(H,63,73)(H,64,76)(H,65,75)/t39?,44?,45-,46?,54?,60-/m0/s1.